The van der Waals surface area contributed by atoms with Crippen LogP contribution in [0, 0.1) is 17.2 Å². The molecule has 2 unspecified atom stereocenters. The Hall–Kier alpha value is -3.31. The smallest absolute Gasteiger partial charge is 0.459 e. The Morgan fingerprint density at radius 2 is 1.98 bits per heavy atom. The predicted octanol–water partition coefficient (Wildman–Crippen LogP) is 3.60. The number of esters is 1. The Balaban J connectivity index is 1.36. The second-order valence-electron chi connectivity index (χ2n) is 11.9. The van der Waals surface area contributed by atoms with Crippen molar-refractivity contribution < 1.29 is 37.4 Å². The van der Waals surface area contributed by atoms with Crippen molar-refractivity contribution in [3.05, 3.63) is 42.1 Å². The summed E-state index contributed by atoms with van der Waals surface area (Å²) in [5.74, 6) is -0.879. The van der Waals surface area contributed by atoms with Crippen molar-refractivity contribution in [1.82, 2.24) is 10.1 Å². The molecule has 7 atom stereocenters. The lowest BCUT2D eigenvalue weighted by atomic mass is 9.87. The molecule has 0 amide bonds. The zero-order chi connectivity index (χ0) is 32.4. The molecular weight excluding hydrogens is 603 g/mol. The van der Waals surface area contributed by atoms with Crippen LogP contribution in [0.5, 0.6) is 5.75 Å². The SMILES string of the molecule is CCC(CC)COC(=O)[C@H](C)NP(=O)(OC[C@H]1O[C@@](C#N)(C2CC=C3C(N)=NC=NN32)[C@@H]2OC(C)(C)O[C@@H]21)Oc1ccccc1. The number of aliphatic imine (C=N–C) groups is 1. The molecule has 2 saturated heterocycles. The number of fused-ring (bicyclic) bond motifs is 2. The van der Waals surface area contributed by atoms with Crippen LogP contribution in [-0.2, 0) is 32.8 Å². The summed E-state index contributed by atoms with van der Waals surface area (Å²) >= 11 is 0. The minimum absolute atomic E-state index is 0.223. The van der Waals surface area contributed by atoms with E-state index in [2.05, 4.69) is 21.3 Å². The van der Waals surface area contributed by atoms with Gasteiger partial charge >= 0.3 is 13.7 Å². The Labute approximate surface area is 263 Å². The van der Waals surface area contributed by atoms with Gasteiger partial charge in [-0.1, -0.05) is 51.0 Å². The summed E-state index contributed by atoms with van der Waals surface area (Å²) < 4.78 is 50.4. The van der Waals surface area contributed by atoms with E-state index in [9.17, 15) is 14.6 Å². The summed E-state index contributed by atoms with van der Waals surface area (Å²) in [4.78, 5) is 16.9. The fraction of sp³-hybridized carbons (Fsp3) is 0.600. The van der Waals surface area contributed by atoms with E-state index in [4.69, 9.17) is 33.7 Å². The number of ether oxygens (including phenoxy) is 4. The highest BCUT2D eigenvalue weighted by molar-refractivity contribution is 7.52. The monoisotopic (exact) mass is 644 g/mol. The van der Waals surface area contributed by atoms with Crippen molar-refractivity contribution in [2.75, 3.05) is 13.2 Å². The minimum Gasteiger partial charge on any atom is -0.464 e. The molecule has 0 saturated carbocycles. The van der Waals surface area contributed by atoms with Gasteiger partial charge in [-0.05, 0) is 45.2 Å². The first kappa shape index (κ1) is 33.1. The zero-order valence-electron chi connectivity index (χ0n) is 26.1. The number of hydrazone groups is 1. The van der Waals surface area contributed by atoms with E-state index in [1.165, 1.54) is 13.3 Å². The molecule has 1 aromatic carbocycles. The van der Waals surface area contributed by atoms with Crippen LogP contribution in [0.15, 0.2) is 52.2 Å². The lowest BCUT2D eigenvalue weighted by Gasteiger charge is -2.38. The number of carbonyl (C=O) groups is 1. The van der Waals surface area contributed by atoms with Crippen LogP contribution in [0.1, 0.15) is 53.9 Å². The fourth-order valence-electron chi connectivity index (χ4n) is 5.88. The van der Waals surface area contributed by atoms with Crippen molar-refractivity contribution in [2.45, 2.75) is 95.7 Å². The van der Waals surface area contributed by atoms with Gasteiger partial charge in [-0.15, -0.1) is 0 Å². The van der Waals surface area contributed by atoms with Crippen LogP contribution in [0.25, 0.3) is 0 Å². The third kappa shape index (κ3) is 6.79. The molecule has 2 fully saturated rings. The van der Waals surface area contributed by atoms with Crippen LogP contribution in [0.4, 0.5) is 0 Å². The summed E-state index contributed by atoms with van der Waals surface area (Å²) in [6, 6.07) is 9.14. The average molecular weight is 645 g/mol. The number of nitrogens with two attached hydrogens (primary N) is 1. The normalized spacial score (nSPS) is 30.1. The number of nitrogens with one attached hydrogen (secondary N) is 1. The molecule has 0 bridgehead atoms. The quantitative estimate of drug-likeness (QED) is 0.236. The molecule has 3 N–H and O–H groups in total. The van der Waals surface area contributed by atoms with E-state index in [-0.39, 0.29) is 30.7 Å². The molecular formula is C30H41N6O8P. The minimum atomic E-state index is -4.23. The first-order valence-electron chi connectivity index (χ1n) is 15.2. The Morgan fingerprint density at radius 1 is 1.24 bits per heavy atom. The van der Waals surface area contributed by atoms with E-state index in [1.54, 1.807) is 49.2 Å². The number of rotatable bonds is 13. The topological polar surface area (TPSA) is 179 Å². The Morgan fingerprint density at radius 3 is 2.67 bits per heavy atom. The molecule has 0 aromatic heterocycles. The zero-order valence-corrected chi connectivity index (χ0v) is 27.0. The highest BCUT2D eigenvalue weighted by Gasteiger charge is 2.68. The molecule has 45 heavy (non-hydrogen) atoms. The third-order valence-electron chi connectivity index (χ3n) is 8.35. The largest absolute Gasteiger partial charge is 0.464 e. The number of amidine groups is 1. The number of hydrogen-bond donors (Lipinski definition) is 2. The highest BCUT2D eigenvalue weighted by Crippen LogP contribution is 2.51. The van der Waals surface area contributed by atoms with Gasteiger partial charge in [0.2, 0.25) is 5.60 Å². The number of nitriles is 1. The first-order chi connectivity index (χ1) is 21.4. The van der Waals surface area contributed by atoms with Crippen LogP contribution < -0.4 is 15.3 Å². The van der Waals surface area contributed by atoms with Crippen molar-refractivity contribution in [1.29, 1.82) is 5.26 Å². The van der Waals surface area contributed by atoms with E-state index < -0.39 is 55.5 Å². The Kier molecular flexibility index (Phi) is 9.70. The van der Waals surface area contributed by atoms with Gasteiger partial charge in [-0.3, -0.25) is 14.3 Å². The summed E-state index contributed by atoms with van der Waals surface area (Å²) in [5.41, 5.74) is 5.08. The van der Waals surface area contributed by atoms with Gasteiger partial charge in [0.15, 0.2) is 11.6 Å². The van der Waals surface area contributed by atoms with Crippen molar-refractivity contribution in [3.8, 4) is 11.8 Å². The summed E-state index contributed by atoms with van der Waals surface area (Å²) in [6.07, 6.45) is 2.75. The number of para-hydroxylation sites is 1. The summed E-state index contributed by atoms with van der Waals surface area (Å²) in [7, 11) is -4.23. The number of hydrogen-bond acceptors (Lipinski definition) is 13. The van der Waals surface area contributed by atoms with Crippen molar-refractivity contribution in [2.24, 2.45) is 21.7 Å². The van der Waals surface area contributed by atoms with Crippen LogP contribution in [0.3, 0.4) is 0 Å². The van der Waals surface area contributed by atoms with Gasteiger partial charge in [-0.25, -0.2) is 9.56 Å². The molecule has 0 aliphatic carbocycles. The maximum absolute atomic E-state index is 14.2. The second-order valence-corrected chi connectivity index (χ2v) is 13.6. The van der Waals surface area contributed by atoms with Crippen molar-refractivity contribution in [3.63, 3.8) is 0 Å². The van der Waals surface area contributed by atoms with E-state index in [0.29, 0.717) is 12.1 Å². The first-order valence-corrected chi connectivity index (χ1v) is 16.7. The van der Waals surface area contributed by atoms with Crippen LogP contribution in [0.2, 0.25) is 0 Å². The molecule has 4 aliphatic rings. The summed E-state index contributed by atoms with van der Waals surface area (Å²) in [5, 5.41) is 19.3. The van der Waals surface area contributed by atoms with Gasteiger partial charge in [0, 0.05) is 0 Å². The molecule has 5 rings (SSSR count). The predicted molar refractivity (Wildman–Crippen MR) is 164 cm³/mol. The molecule has 0 spiro atoms. The van der Waals surface area contributed by atoms with E-state index in [0.717, 1.165) is 12.8 Å². The Bertz CT molecular complexity index is 1430. The standard InChI is InChI=1S/C30H41N6O8P/c1-6-20(7-2)15-39-28(37)19(3)35-45(38,44-21-11-9-8-10-12-21)40-16-23-25-26(43-29(4,5)42-25)30(17-31,41-23)24-14-13-22-27(32)33-18-34-36(22)24/h8-13,18-20,23-26H,6-7,14-16H2,1-5H3,(H,35,38)(H2,32,33,34)/t19-,23+,24?,25+,26+,30-,45?/m0/s1. The molecule has 4 heterocycles. The molecule has 14 nitrogen and oxygen atoms in total. The molecule has 244 valence electrons. The van der Waals surface area contributed by atoms with Gasteiger partial charge in [-0.2, -0.15) is 15.5 Å². The maximum Gasteiger partial charge on any atom is 0.459 e. The van der Waals surface area contributed by atoms with Crippen LogP contribution >= 0.6 is 7.75 Å². The summed E-state index contributed by atoms with van der Waals surface area (Å²) in [6.45, 7) is 9.00. The second kappa shape index (κ2) is 13.2. The van der Waals surface area contributed by atoms with E-state index >= 15 is 0 Å². The molecule has 0 radical (unpaired) electrons. The highest BCUT2D eigenvalue weighted by atomic mass is 31.2. The fourth-order valence-corrected chi connectivity index (χ4v) is 7.38. The van der Waals surface area contributed by atoms with Crippen molar-refractivity contribution >= 4 is 25.9 Å². The van der Waals surface area contributed by atoms with Gasteiger partial charge in [0.1, 0.15) is 48.6 Å². The number of nitrogens with zero attached hydrogens (tertiary/aromatic N) is 4. The molecule has 15 heteroatoms. The third-order valence-corrected chi connectivity index (χ3v) is 9.99. The molecule has 4 aliphatic heterocycles. The van der Waals surface area contributed by atoms with Crippen LogP contribution in [-0.4, -0.2) is 78.1 Å². The lowest BCUT2D eigenvalue weighted by Crippen LogP contribution is -2.56. The maximum atomic E-state index is 14.2. The number of benzene rings is 1. The van der Waals surface area contributed by atoms with Gasteiger partial charge in [0.25, 0.3) is 0 Å². The number of carbonyl (C=O) groups excluding carboxylic acids is 1. The van der Waals surface area contributed by atoms with Gasteiger partial charge in [0.05, 0.1) is 18.9 Å². The molecule has 1 aromatic rings. The van der Waals surface area contributed by atoms with E-state index in [1.807, 2.05) is 19.9 Å². The average Bonchev–Trinajstić information content (AvgIpc) is 3.68. The lowest BCUT2D eigenvalue weighted by molar-refractivity contribution is -0.209. The van der Waals surface area contributed by atoms with Gasteiger partial charge < -0.3 is 29.2 Å².